The molecule has 2 N–H and O–H groups in total. The average Bonchev–Trinajstić information content (AvgIpc) is 2.66. The first-order valence-electron chi connectivity index (χ1n) is 5.65. The van der Waals surface area contributed by atoms with Gasteiger partial charge in [0.25, 0.3) is 0 Å². The fourth-order valence-electron chi connectivity index (χ4n) is 1.89. The van der Waals surface area contributed by atoms with Gasteiger partial charge in [-0.2, -0.15) is 0 Å². The standard InChI is InChI=1S/C11H19N3S/c1-3-9-8-15-10(13-9)14-11(2)4-6-12-7-5-11/h8,12H,3-7H2,1-2H3,(H,13,14). The Morgan fingerprint density at radius 3 is 2.87 bits per heavy atom. The molecule has 0 atom stereocenters. The molecule has 1 aromatic heterocycles. The van der Waals surface area contributed by atoms with Gasteiger partial charge < -0.3 is 10.6 Å². The maximum absolute atomic E-state index is 4.56. The lowest BCUT2D eigenvalue weighted by molar-refractivity contribution is 0.365. The summed E-state index contributed by atoms with van der Waals surface area (Å²) in [5, 5.41) is 10.2. The summed E-state index contributed by atoms with van der Waals surface area (Å²) < 4.78 is 0. The molecule has 15 heavy (non-hydrogen) atoms. The second kappa shape index (κ2) is 4.49. The van der Waals surface area contributed by atoms with Crippen molar-refractivity contribution in [1.29, 1.82) is 0 Å². The third-order valence-corrected chi connectivity index (χ3v) is 3.84. The topological polar surface area (TPSA) is 37.0 Å². The molecule has 3 nitrogen and oxygen atoms in total. The van der Waals surface area contributed by atoms with Crippen molar-refractivity contribution in [2.45, 2.75) is 38.6 Å². The molecule has 4 heteroatoms. The van der Waals surface area contributed by atoms with E-state index in [0.29, 0.717) is 0 Å². The maximum atomic E-state index is 4.56. The number of aryl methyl sites for hydroxylation is 1. The lowest BCUT2D eigenvalue weighted by Crippen LogP contribution is -2.45. The predicted octanol–water partition coefficient (Wildman–Crippen LogP) is 2.26. The van der Waals surface area contributed by atoms with Gasteiger partial charge in [0.2, 0.25) is 0 Å². The van der Waals surface area contributed by atoms with Crippen LogP contribution in [0.15, 0.2) is 5.38 Å². The van der Waals surface area contributed by atoms with Gasteiger partial charge in [0.15, 0.2) is 5.13 Å². The number of thiazole rings is 1. The highest BCUT2D eigenvalue weighted by atomic mass is 32.1. The van der Waals surface area contributed by atoms with Crippen LogP contribution < -0.4 is 10.6 Å². The zero-order valence-electron chi connectivity index (χ0n) is 9.47. The van der Waals surface area contributed by atoms with Crippen LogP contribution in [0.1, 0.15) is 32.4 Å². The lowest BCUT2D eigenvalue weighted by atomic mass is 9.91. The number of nitrogens with one attached hydrogen (secondary N) is 2. The van der Waals surface area contributed by atoms with Gasteiger partial charge in [0.05, 0.1) is 5.69 Å². The van der Waals surface area contributed by atoms with Crippen molar-refractivity contribution in [3.63, 3.8) is 0 Å². The quantitative estimate of drug-likeness (QED) is 0.828. The summed E-state index contributed by atoms with van der Waals surface area (Å²) >= 11 is 1.72. The van der Waals surface area contributed by atoms with E-state index in [9.17, 15) is 0 Å². The Morgan fingerprint density at radius 1 is 1.53 bits per heavy atom. The summed E-state index contributed by atoms with van der Waals surface area (Å²) in [6, 6.07) is 0. The van der Waals surface area contributed by atoms with Gasteiger partial charge in [-0.1, -0.05) is 6.92 Å². The van der Waals surface area contributed by atoms with Crippen LogP contribution in [0, 0.1) is 0 Å². The van der Waals surface area contributed by atoms with Crippen LogP contribution in [-0.4, -0.2) is 23.6 Å². The number of nitrogens with zero attached hydrogens (tertiary/aromatic N) is 1. The molecule has 1 aliphatic heterocycles. The van der Waals surface area contributed by atoms with E-state index in [1.54, 1.807) is 11.3 Å². The molecule has 0 bridgehead atoms. The predicted molar refractivity (Wildman–Crippen MR) is 65.6 cm³/mol. The molecule has 2 heterocycles. The van der Waals surface area contributed by atoms with Crippen molar-refractivity contribution < 1.29 is 0 Å². The molecule has 0 amide bonds. The number of rotatable bonds is 3. The molecule has 1 fully saturated rings. The van der Waals surface area contributed by atoms with Crippen molar-refractivity contribution in [2.75, 3.05) is 18.4 Å². The van der Waals surface area contributed by atoms with Gasteiger partial charge in [-0.15, -0.1) is 11.3 Å². The van der Waals surface area contributed by atoms with Crippen LogP contribution in [0.4, 0.5) is 5.13 Å². The first-order valence-corrected chi connectivity index (χ1v) is 6.53. The van der Waals surface area contributed by atoms with Gasteiger partial charge in [-0.25, -0.2) is 4.98 Å². The molecule has 1 aromatic rings. The second-order valence-electron chi connectivity index (χ2n) is 4.43. The average molecular weight is 225 g/mol. The minimum absolute atomic E-state index is 0.230. The van der Waals surface area contributed by atoms with Crippen LogP contribution in [0.3, 0.4) is 0 Å². The van der Waals surface area contributed by atoms with Crippen LogP contribution in [-0.2, 0) is 6.42 Å². The summed E-state index contributed by atoms with van der Waals surface area (Å²) in [6.07, 6.45) is 3.37. The molecule has 0 aliphatic carbocycles. The van der Waals surface area contributed by atoms with Gasteiger partial charge in [-0.3, -0.25) is 0 Å². The minimum Gasteiger partial charge on any atom is -0.356 e. The van der Waals surface area contributed by atoms with E-state index in [4.69, 9.17) is 0 Å². The van der Waals surface area contributed by atoms with Crippen LogP contribution in [0.5, 0.6) is 0 Å². The molecule has 1 aliphatic rings. The Bertz CT molecular complexity index is 315. The Balaban J connectivity index is 2.00. The molecule has 0 unspecified atom stereocenters. The third-order valence-electron chi connectivity index (χ3n) is 3.03. The number of piperidine rings is 1. The number of hydrogen-bond acceptors (Lipinski definition) is 4. The molecular formula is C11H19N3S. The molecule has 0 spiro atoms. The molecular weight excluding hydrogens is 206 g/mol. The minimum atomic E-state index is 0.230. The maximum Gasteiger partial charge on any atom is 0.183 e. The van der Waals surface area contributed by atoms with E-state index in [1.165, 1.54) is 18.5 Å². The number of hydrogen-bond donors (Lipinski definition) is 2. The highest BCUT2D eigenvalue weighted by molar-refractivity contribution is 7.13. The van der Waals surface area contributed by atoms with Crippen molar-refractivity contribution >= 4 is 16.5 Å². The Kier molecular flexibility index (Phi) is 3.26. The van der Waals surface area contributed by atoms with E-state index in [1.807, 2.05) is 0 Å². The Labute approximate surface area is 95.3 Å². The largest absolute Gasteiger partial charge is 0.356 e. The van der Waals surface area contributed by atoms with Crippen LogP contribution in [0.25, 0.3) is 0 Å². The van der Waals surface area contributed by atoms with Crippen molar-refractivity contribution in [1.82, 2.24) is 10.3 Å². The van der Waals surface area contributed by atoms with E-state index < -0.39 is 0 Å². The second-order valence-corrected chi connectivity index (χ2v) is 5.29. The monoisotopic (exact) mass is 225 g/mol. The Hall–Kier alpha value is -0.610. The first-order chi connectivity index (χ1) is 7.22. The van der Waals surface area contributed by atoms with E-state index in [0.717, 1.165) is 24.6 Å². The van der Waals surface area contributed by atoms with Crippen molar-refractivity contribution in [3.05, 3.63) is 11.1 Å². The zero-order chi connectivity index (χ0) is 10.7. The molecule has 2 rings (SSSR count). The van der Waals surface area contributed by atoms with Crippen molar-refractivity contribution in [2.24, 2.45) is 0 Å². The zero-order valence-corrected chi connectivity index (χ0v) is 10.3. The summed E-state index contributed by atoms with van der Waals surface area (Å²) in [6.45, 7) is 6.65. The van der Waals surface area contributed by atoms with E-state index >= 15 is 0 Å². The third kappa shape index (κ3) is 2.69. The number of anilines is 1. The van der Waals surface area contributed by atoms with E-state index in [-0.39, 0.29) is 5.54 Å². The summed E-state index contributed by atoms with van der Waals surface area (Å²) in [4.78, 5) is 4.56. The highest BCUT2D eigenvalue weighted by Crippen LogP contribution is 2.26. The summed E-state index contributed by atoms with van der Waals surface area (Å²) in [5.41, 5.74) is 1.42. The number of aromatic nitrogens is 1. The SMILES string of the molecule is CCc1csc(NC2(C)CCNCC2)n1. The van der Waals surface area contributed by atoms with Gasteiger partial charge in [-0.05, 0) is 39.3 Å². The van der Waals surface area contributed by atoms with Crippen LogP contribution in [0.2, 0.25) is 0 Å². The summed E-state index contributed by atoms with van der Waals surface area (Å²) in [5.74, 6) is 0. The van der Waals surface area contributed by atoms with Gasteiger partial charge >= 0.3 is 0 Å². The summed E-state index contributed by atoms with van der Waals surface area (Å²) in [7, 11) is 0. The molecule has 0 aromatic carbocycles. The van der Waals surface area contributed by atoms with Gasteiger partial charge in [0.1, 0.15) is 0 Å². The van der Waals surface area contributed by atoms with Gasteiger partial charge in [0, 0.05) is 10.9 Å². The van der Waals surface area contributed by atoms with E-state index in [2.05, 4.69) is 34.8 Å². The molecule has 0 saturated carbocycles. The van der Waals surface area contributed by atoms with Crippen LogP contribution >= 0.6 is 11.3 Å². The molecule has 1 saturated heterocycles. The highest BCUT2D eigenvalue weighted by Gasteiger charge is 2.26. The fraction of sp³-hybridized carbons (Fsp3) is 0.727. The molecule has 0 radical (unpaired) electrons. The smallest absolute Gasteiger partial charge is 0.183 e. The van der Waals surface area contributed by atoms with Crippen molar-refractivity contribution in [3.8, 4) is 0 Å². The normalized spacial score (nSPS) is 20.1. The fourth-order valence-corrected chi connectivity index (χ4v) is 2.83. The lowest BCUT2D eigenvalue weighted by Gasteiger charge is -2.34. The first kappa shape index (κ1) is 10.9. The Morgan fingerprint density at radius 2 is 2.27 bits per heavy atom. The molecule has 84 valence electrons.